The average molecular weight is 737 g/mol. The van der Waals surface area contributed by atoms with Crippen molar-refractivity contribution in [2.45, 2.75) is 76.9 Å². The van der Waals surface area contributed by atoms with E-state index >= 15 is 0 Å². The minimum atomic E-state index is -1.59. The van der Waals surface area contributed by atoms with E-state index in [2.05, 4.69) is 21.3 Å². The minimum absolute atomic E-state index is 0.125. The minimum Gasteiger partial charge on any atom is -0.399 e. The van der Waals surface area contributed by atoms with Gasteiger partial charge in [-0.15, -0.1) is 0 Å². The quantitative estimate of drug-likeness (QED) is 0.0753. The van der Waals surface area contributed by atoms with Gasteiger partial charge in [0.2, 0.25) is 11.8 Å². The van der Waals surface area contributed by atoms with Gasteiger partial charge < -0.3 is 42.9 Å². The van der Waals surface area contributed by atoms with Crippen molar-refractivity contribution in [2.24, 2.45) is 11.8 Å². The van der Waals surface area contributed by atoms with Crippen molar-refractivity contribution in [3.63, 3.8) is 0 Å². The van der Waals surface area contributed by atoms with Crippen molar-refractivity contribution in [1.82, 2.24) is 21.3 Å². The van der Waals surface area contributed by atoms with E-state index in [0.29, 0.717) is 22.5 Å². The molecular formula is C42H52N6O6. The molecule has 0 aliphatic carbocycles. The van der Waals surface area contributed by atoms with Crippen LogP contribution in [0.15, 0.2) is 109 Å². The number of hydrogen-bond acceptors (Lipinski definition) is 8. The first-order chi connectivity index (χ1) is 25.7. The first-order valence-electron chi connectivity index (χ1n) is 18.1. The second kappa shape index (κ2) is 19.4. The summed E-state index contributed by atoms with van der Waals surface area (Å²) >= 11 is 0. The highest BCUT2D eigenvalue weighted by molar-refractivity contribution is 5.98. The number of amides is 4. The van der Waals surface area contributed by atoms with Crippen molar-refractivity contribution in [2.75, 3.05) is 11.5 Å². The molecule has 0 aliphatic rings. The van der Waals surface area contributed by atoms with Gasteiger partial charge in [0.05, 0.1) is 12.1 Å². The Bertz CT molecular complexity index is 1690. The molecule has 0 bridgehead atoms. The van der Waals surface area contributed by atoms with Gasteiger partial charge in [-0.25, -0.2) is 0 Å². The van der Waals surface area contributed by atoms with E-state index in [4.69, 9.17) is 11.5 Å². The highest BCUT2D eigenvalue weighted by Gasteiger charge is 2.37. The van der Waals surface area contributed by atoms with Crippen LogP contribution in [0.2, 0.25) is 0 Å². The highest BCUT2D eigenvalue weighted by Crippen LogP contribution is 2.17. The molecule has 4 aromatic rings. The van der Waals surface area contributed by atoms with Crippen molar-refractivity contribution in [3.8, 4) is 0 Å². The van der Waals surface area contributed by atoms with Gasteiger partial charge in [0.1, 0.15) is 24.3 Å². The predicted molar refractivity (Wildman–Crippen MR) is 210 cm³/mol. The summed E-state index contributed by atoms with van der Waals surface area (Å²) in [6.07, 6.45) is -2.93. The van der Waals surface area contributed by atoms with E-state index < -0.39 is 60.0 Å². The molecule has 54 heavy (non-hydrogen) atoms. The zero-order valence-electron chi connectivity index (χ0n) is 31.1. The molecule has 0 heterocycles. The number of aliphatic hydroxyl groups is 2. The molecule has 0 radical (unpaired) electrons. The first-order valence-corrected chi connectivity index (χ1v) is 18.1. The summed E-state index contributed by atoms with van der Waals surface area (Å²) in [4.78, 5) is 54.1. The lowest BCUT2D eigenvalue weighted by Gasteiger charge is -2.35. The molecule has 0 aromatic heterocycles. The van der Waals surface area contributed by atoms with Crippen LogP contribution in [0.1, 0.15) is 59.5 Å². The summed E-state index contributed by atoms with van der Waals surface area (Å²) in [5.74, 6) is -2.76. The molecule has 6 atom stereocenters. The van der Waals surface area contributed by atoms with E-state index in [1.165, 1.54) is 0 Å². The van der Waals surface area contributed by atoms with Gasteiger partial charge >= 0.3 is 0 Å². The van der Waals surface area contributed by atoms with Crippen LogP contribution in [0.5, 0.6) is 0 Å². The molecule has 0 spiro atoms. The van der Waals surface area contributed by atoms with Gasteiger partial charge in [-0.2, -0.15) is 0 Å². The van der Waals surface area contributed by atoms with Gasteiger partial charge in [0.15, 0.2) is 0 Å². The van der Waals surface area contributed by atoms with Crippen LogP contribution >= 0.6 is 0 Å². The summed E-state index contributed by atoms with van der Waals surface area (Å²) in [7, 11) is 0. The lowest BCUT2D eigenvalue weighted by atomic mass is 9.90. The van der Waals surface area contributed by atoms with Crippen molar-refractivity contribution < 1.29 is 29.4 Å². The number of aliphatic hydroxyl groups excluding tert-OH is 2. The molecule has 12 nitrogen and oxygen atoms in total. The van der Waals surface area contributed by atoms with Crippen LogP contribution in [-0.4, -0.2) is 70.2 Å². The molecule has 4 amide bonds. The van der Waals surface area contributed by atoms with Gasteiger partial charge in [-0.1, -0.05) is 88.4 Å². The van der Waals surface area contributed by atoms with Gasteiger partial charge in [0, 0.05) is 22.5 Å². The smallest absolute Gasteiger partial charge is 0.251 e. The van der Waals surface area contributed by atoms with Gasteiger partial charge in [-0.3, -0.25) is 19.2 Å². The van der Waals surface area contributed by atoms with Crippen LogP contribution in [0.25, 0.3) is 0 Å². The fourth-order valence-corrected chi connectivity index (χ4v) is 6.06. The van der Waals surface area contributed by atoms with Crippen LogP contribution in [0.4, 0.5) is 11.4 Å². The zero-order chi connectivity index (χ0) is 39.4. The zero-order valence-corrected chi connectivity index (χ0v) is 31.1. The normalized spacial score (nSPS) is 14.6. The summed E-state index contributed by atoms with van der Waals surface area (Å²) in [5.41, 5.74) is 14.7. The van der Waals surface area contributed by atoms with E-state index in [9.17, 15) is 29.4 Å². The standard InChI is InChI=1S/C42H52N6O6/c1-25(2)35(47-39(51)29-15-19-31(43)20-16-29)41(53)45-33(23-27-11-7-5-8-12-27)37(49)38(50)34(24-28-13-9-6-10-14-28)46-42(54)36(26(3)4)48-40(52)30-17-21-32(44)22-18-30/h5-22,25-26,33-38,49-50H,23-24,43-44H2,1-4H3,(H,45,53)(H,46,54)(H,47,51)(H,48,52)/t33?,34?,35-,36-,37?,38?/m0/s1. The molecule has 4 aromatic carbocycles. The van der Waals surface area contributed by atoms with E-state index in [-0.39, 0.29) is 24.7 Å². The molecular weight excluding hydrogens is 684 g/mol. The lowest BCUT2D eigenvalue weighted by molar-refractivity contribution is -0.129. The maximum absolute atomic E-state index is 13.9. The van der Waals surface area contributed by atoms with Gasteiger partial charge in [-0.05, 0) is 84.3 Å². The van der Waals surface area contributed by atoms with Crippen LogP contribution in [-0.2, 0) is 22.4 Å². The Hall–Kier alpha value is -5.72. The summed E-state index contributed by atoms with van der Waals surface area (Å²) in [6, 6.07) is 26.8. The highest BCUT2D eigenvalue weighted by atomic mass is 16.3. The molecule has 10 N–H and O–H groups in total. The topological polar surface area (TPSA) is 209 Å². The van der Waals surface area contributed by atoms with Crippen molar-refractivity contribution >= 4 is 35.0 Å². The number of hydrogen-bond donors (Lipinski definition) is 8. The number of nitrogens with two attached hydrogens (primary N) is 2. The summed E-state index contributed by atoms with van der Waals surface area (Å²) in [5, 5.41) is 35.2. The maximum Gasteiger partial charge on any atom is 0.251 e. The summed E-state index contributed by atoms with van der Waals surface area (Å²) in [6.45, 7) is 7.14. The number of carbonyl (C=O) groups is 4. The molecule has 286 valence electrons. The largest absolute Gasteiger partial charge is 0.399 e. The Labute approximate surface area is 316 Å². The molecule has 0 saturated carbocycles. The second-order valence-corrected chi connectivity index (χ2v) is 14.2. The fourth-order valence-electron chi connectivity index (χ4n) is 6.06. The molecule has 0 fully saturated rings. The molecule has 0 aliphatic heterocycles. The van der Waals surface area contributed by atoms with Gasteiger partial charge in [0.25, 0.3) is 11.8 Å². The van der Waals surface area contributed by atoms with Crippen molar-refractivity contribution in [1.29, 1.82) is 0 Å². The SMILES string of the molecule is CC(C)[C@H](NC(=O)c1ccc(N)cc1)C(=O)NC(Cc1ccccc1)C(O)C(O)C(Cc1ccccc1)NC(=O)[C@@H](NC(=O)c1ccc(N)cc1)C(C)C. The second-order valence-electron chi connectivity index (χ2n) is 14.2. The van der Waals surface area contributed by atoms with Crippen molar-refractivity contribution in [3.05, 3.63) is 131 Å². The Balaban J connectivity index is 1.60. The third-order valence-electron chi connectivity index (χ3n) is 9.24. The number of anilines is 2. The molecule has 0 saturated heterocycles. The van der Waals surface area contributed by atoms with E-state index in [1.54, 1.807) is 76.2 Å². The Morgan fingerprint density at radius 3 is 1.11 bits per heavy atom. The van der Waals surface area contributed by atoms with Crippen LogP contribution < -0.4 is 32.7 Å². The van der Waals surface area contributed by atoms with Crippen LogP contribution in [0, 0.1) is 11.8 Å². The fraction of sp³-hybridized carbons (Fsp3) is 0.333. The Morgan fingerprint density at radius 1 is 0.500 bits per heavy atom. The number of nitrogens with one attached hydrogen (secondary N) is 4. The third kappa shape index (κ3) is 11.6. The maximum atomic E-state index is 13.9. The van der Waals surface area contributed by atoms with E-state index in [1.807, 2.05) is 60.7 Å². The molecule has 4 unspecified atom stereocenters. The van der Waals surface area contributed by atoms with E-state index in [0.717, 1.165) is 11.1 Å². The number of benzene rings is 4. The molecule has 12 heteroatoms. The monoisotopic (exact) mass is 736 g/mol. The summed E-state index contributed by atoms with van der Waals surface area (Å²) < 4.78 is 0. The molecule has 4 rings (SSSR count). The first kappa shape index (κ1) is 41.0. The third-order valence-corrected chi connectivity index (χ3v) is 9.24. The predicted octanol–water partition coefficient (Wildman–Crippen LogP) is 3.24. The number of carbonyl (C=O) groups excluding carboxylic acids is 4. The Kier molecular flexibility index (Phi) is 14.7. The number of rotatable bonds is 17. The Morgan fingerprint density at radius 2 is 0.815 bits per heavy atom. The van der Waals surface area contributed by atoms with Crippen LogP contribution in [0.3, 0.4) is 0 Å². The lowest BCUT2D eigenvalue weighted by Crippen LogP contribution is -2.61. The number of nitrogen functional groups attached to an aromatic ring is 2. The average Bonchev–Trinajstić information content (AvgIpc) is 3.15.